The third-order valence-corrected chi connectivity index (χ3v) is 8.73. The van der Waals surface area contributed by atoms with Gasteiger partial charge in [0.25, 0.3) is 0 Å². The van der Waals surface area contributed by atoms with Crippen molar-refractivity contribution in [3.05, 3.63) is 83.9 Å². The van der Waals surface area contributed by atoms with Crippen LogP contribution in [-0.2, 0) is 11.3 Å². The highest BCUT2D eigenvalue weighted by Crippen LogP contribution is 2.31. The van der Waals surface area contributed by atoms with Crippen LogP contribution in [0, 0.1) is 11.3 Å². The van der Waals surface area contributed by atoms with Crippen LogP contribution >= 0.6 is 0 Å². The molecule has 41 heavy (non-hydrogen) atoms. The summed E-state index contributed by atoms with van der Waals surface area (Å²) in [6.07, 6.45) is 4.78. The number of benzene rings is 3. The summed E-state index contributed by atoms with van der Waals surface area (Å²) in [6, 6.07) is 26.1. The molecule has 7 heteroatoms. The van der Waals surface area contributed by atoms with Crippen molar-refractivity contribution in [2.45, 2.75) is 44.7 Å². The van der Waals surface area contributed by atoms with Crippen LogP contribution in [0.3, 0.4) is 0 Å². The normalized spacial score (nSPS) is 16.7. The van der Waals surface area contributed by atoms with Crippen LogP contribution in [0.15, 0.2) is 72.8 Å². The Kier molecular flexibility index (Phi) is 8.70. The number of likely N-dealkylation sites (N-methyl/N-ethyl adjacent to an activating group) is 1. The number of urea groups is 1. The maximum Gasteiger partial charge on any atom is 0.325 e. The van der Waals surface area contributed by atoms with Crippen LogP contribution in [0.4, 0.5) is 16.2 Å². The average molecular weight is 550 g/mol. The maximum absolute atomic E-state index is 13.7. The Morgan fingerprint density at radius 1 is 0.902 bits per heavy atom. The van der Waals surface area contributed by atoms with Crippen molar-refractivity contribution < 1.29 is 9.59 Å². The standard InChI is InChI=1S/C34H39N5O2/c1-3-39(33(41)36(2)31-16-12-30(13-17-31)29-10-6-27(24-35)7-11-29)34(26-40)18-22-37(23-19-34)25-28-8-14-32(15-9-28)38-20-4-5-21-38/h6-17,26H,3-5,18-23,25H2,1-2H3. The van der Waals surface area contributed by atoms with Crippen LogP contribution in [0.1, 0.15) is 43.7 Å². The van der Waals surface area contributed by atoms with Gasteiger partial charge < -0.3 is 14.6 Å². The number of piperidine rings is 1. The van der Waals surface area contributed by atoms with Gasteiger partial charge >= 0.3 is 6.03 Å². The van der Waals surface area contributed by atoms with E-state index in [0.717, 1.165) is 55.8 Å². The molecule has 0 N–H and O–H groups in total. The summed E-state index contributed by atoms with van der Waals surface area (Å²) in [4.78, 5) is 34.5. The molecule has 212 valence electrons. The molecule has 0 saturated carbocycles. The van der Waals surface area contributed by atoms with Gasteiger partial charge in [0, 0.05) is 57.7 Å². The van der Waals surface area contributed by atoms with Gasteiger partial charge in [-0.3, -0.25) is 9.80 Å². The maximum atomic E-state index is 13.7. The summed E-state index contributed by atoms with van der Waals surface area (Å²) in [5, 5.41) is 9.04. The number of likely N-dealkylation sites (tertiary alicyclic amines) is 1. The lowest BCUT2D eigenvalue weighted by molar-refractivity contribution is -0.119. The Hall–Kier alpha value is -4.15. The predicted molar refractivity (Wildman–Crippen MR) is 164 cm³/mol. The smallest absolute Gasteiger partial charge is 0.325 e. The van der Waals surface area contributed by atoms with Crippen LogP contribution < -0.4 is 9.80 Å². The molecular weight excluding hydrogens is 510 g/mol. The van der Waals surface area contributed by atoms with Gasteiger partial charge in [-0.2, -0.15) is 5.26 Å². The summed E-state index contributed by atoms with van der Waals surface area (Å²) in [5.41, 5.74) is 5.18. The molecule has 2 aliphatic rings. The highest BCUT2D eigenvalue weighted by molar-refractivity contribution is 5.94. The second-order valence-electron chi connectivity index (χ2n) is 11.2. The lowest BCUT2D eigenvalue weighted by atomic mass is 9.87. The monoisotopic (exact) mass is 549 g/mol. The molecule has 0 spiro atoms. The Balaban J connectivity index is 1.21. The molecule has 2 amide bonds. The van der Waals surface area contributed by atoms with Gasteiger partial charge in [0.05, 0.1) is 11.6 Å². The van der Waals surface area contributed by atoms with Gasteiger partial charge in [0.1, 0.15) is 11.8 Å². The summed E-state index contributed by atoms with van der Waals surface area (Å²) in [6.45, 7) is 7.07. The van der Waals surface area contributed by atoms with E-state index in [2.05, 4.69) is 40.1 Å². The number of carbonyl (C=O) groups excluding carboxylic acids is 2. The Labute approximate surface area is 243 Å². The van der Waals surface area contributed by atoms with Crippen LogP contribution in [-0.4, -0.2) is 67.4 Å². The van der Waals surface area contributed by atoms with Gasteiger partial charge in [0.15, 0.2) is 0 Å². The fourth-order valence-electron chi connectivity index (χ4n) is 6.14. The molecule has 7 nitrogen and oxygen atoms in total. The minimum absolute atomic E-state index is 0.170. The largest absolute Gasteiger partial charge is 0.372 e. The van der Waals surface area contributed by atoms with Crippen LogP contribution in [0.5, 0.6) is 0 Å². The molecule has 2 fully saturated rings. The molecule has 0 atom stereocenters. The van der Waals surface area contributed by atoms with Crippen LogP contribution in [0.25, 0.3) is 11.1 Å². The van der Waals surface area contributed by atoms with Gasteiger partial charge in [0.2, 0.25) is 0 Å². The van der Waals surface area contributed by atoms with E-state index in [4.69, 9.17) is 5.26 Å². The molecular formula is C34H39N5O2. The SMILES string of the molecule is CCN(C(=O)N(C)c1ccc(-c2ccc(C#N)cc2)cc1)C1(C=O)CCN(Cc2ccc(N3CCCC3)cc2)CC1. The predicted octanol–water partition coefficient (Wildman–Crippen LogP) is 5.94. The number of rotatable bonds is 8. The van der Waals surface area contributed by atoms with E-state index >= 15 is 0 Å². The molecule has 2 saturated heterocycles. The number of amides is 2. The molecule has 3 aromatic carbocycles. The number of aldehydes is 1. The quantitative estimate of drug-likeness (QED) is 0.326. The fourth-order valence-corrected chi connectivity index (χ4v) is 6.14. The van der Waals surface area contributed by atoms with E-state index in [1.807, 2.05) is 43.3 Å². The van der Waals surface area contributed by atoms with Crippen molar-refractivity contribution in [1.29, 1.82) is 5.26 Å². The molecule has 0 aromatic heterocycles. The number of anilines is 2. The van der Waals surface area contributed by atoms with Gasteiger partial charge in [-0.25, -0.2) is 4.79 Å². The number of carbonyl (C=O) groups is 2. The molecule has 0 radical (unpaired) electrons. The number of hydrogen-bond donors (Lipinski definition) is 0. The van der Waals surface area contributed by atoms with Gasteiger partial charge in [-0.05, 0) is 85.7 Å². The molecule has 3 aromatic rings. The fraction of sp³-hybridized carbons (Fsp3) is 0.382. The first-order valence-electron chi connectivity index (χ1n) is 14.6. The second-order valence-corrected chi connectivity index (χ2v) is 11.2. The molecule has 2 heterocycles. The van der Waals surface area contributed by atoms with Crippen molar-refractivity contribution in [1.82, 2.24) is 9.80 Å². The molecule has 2 aliphatic heterocycles. The second kappa shape index (κ2) is 12.6. The first kappa shape index (κ1) is 28.4. The third kappa shape index (κ3) is 6.13. The number of nitrogens with zero attached hydrogens (tertiary/aromatic N) is 5. The van der Waals surface area contributed by atoms with E-state index in [9.17, 15) is 9.59 Å². The summed E-state index contributed by atoms with van der Waals surface area (Å²) >= 11 is 0. The highest BCUT2D eigenvalue weighted by atomic mass is 16.2. The molecule has 0 unspecified atom stereocenters. The topological polar surface area (TPSA) is 70.9 Å². The van der Waals surface area contributed by atoms with Crippen LogP contribution in [0.2, 0.25) is 0 Å². The zero-order chi connectivity index (χ0) is 28.8. The van der Waals surface area contributed by atoms with E-state index in [0.29, 0.717) is 24.9 Å². The average Bonchev–Trinajstić information content (AvgIpc) is 3.58. The highest BCUT2D eigenvalue weighted by Gasteiger charge is 2.42. The van der Waals surface area contributed by atoms with Crippen molar-refractivity contribution in [2.24, 2.45) is 0 Å². The number of hydrogen-bond acceptors (Lipinski definition) is 5. The van der Waals surface area contributed by atoms with Crippen molar-refractivity contribution >= 4 is 23.7 Å². The number of nitriles is 1. The van der Waals surface area contributed by atoms with Gasteiger partial charge in [-0.15, -0.1) is 0 Å². The van der Waals surface area contributed by atoms with Crippen molar-refractivity contribution in [2.75, 3.05) is 49.6 Å². The molecule has 0 aliphatic carbocycles. The first-order chi connectivity index (χ1) is 20.0. The minimum atomic E-state index is -0.807. The Morgan fingerprint density at radius 3 is 2.02 bits per heavy atom. The summed E-state index contributed by atoms with van der Waals surface area (Å²) in [7, 11) is 1.77. The lowest BCUT2D eigenvalue weighted by Crippen LogP contribution is -2.60. The van der Waals surface area contributed by atoms with E-state index < -0.39 is 5.54 Å². The Bertz CT molecular complexity index is 1360. The van der Waals surface area contributed by atoms with Crippen molar-refractivity contribution in [3.63, 3.8) is 0 Å². The molecule has 5 rings (SSSR count). The van der Waals surface area contributed by atoms with Gasteiger partial charge in [-0.1, -0.05) is 36.4 Å². The summed E-state index contributed by atoms with van der Waals surface area (Å²) < 4.78 is 0. The zero-order valence-corrected chi connectivity index (χ0v) is 24.1. The zero-order valence-electron chi connectivity index (χ0n) is 24.1. The van der Waals surface area contributed by atoms with Crippen molar-refractivity contribution in [3.8, 4) is 17.2 Å². The third-order valence-electron chi connectivity index (χ3n) is 8.73. The summed E-state index contributed by atoms with van der Waals surface area (Å²) in [5.74, 6) is 0. The first-order valence-corrected chi connectivity index (χ1v) is 14.6. The minimum Gasteiger partial charge on any atom is -0.372 e. The van der Waals surface area contributed by atoms with E-state index in [1.54, 1.807) is 29.0 Å². The molecule has 0 bridgehead atoms. The lowest BCUT2D eigenvalue weighted by Gasteiger charge is -2.46. The Morgan fingerprint density at radius 2 is 1.49 bits per heavy atom. The van der Waals surface area contributed by atoms with E-state index in [-0.39, 0.29) is 6.03 Å². The van der Waals surface area contributed by atoms with E-state index in [1.165, 1.54) is 24.1 Å².